The van der Waals surface area contributed by atoms with Gasteiger partial charge in [0.15, 0.2) is 9.84 Å². The van der Waals surface area contributed by atoms with Crippen molar-refractivity contribution in [3.8, 4) is 0 Å². The molecule has 0 spiro atoms. The third-order valence-electron chi connectivity index (χ3n) is 4.94. The number of carbonyl (C=O) groups is 2. The Morgan fingerprint density at radius 1 is 1.15 bits per heavy atom. The maximum atomic E-state index is 12.2. The second-order valence-electron chi connectivity index (χ2n) is 7.44. The first-order chi connectivity index (χ1) is 12.2. The molecule has 0 aromatic heterocycles. The van der Waals surface area contributed by atoms with Gasteiger partial charge in [0.2, 0.25) is 5.91 Å². The molecule has 142 valence electrons. The molecule has 2 heterocycles. The molecule has 2 aliphatic heterocycles. The van der Waals surface area contributed by atoms with E-state index >= 15 is 0 Å². The minimum absolute atomic E-state index is 0.0367. The predicted octanol–water partition coefficient (Wildman–Crippen LogP) is 1.55. The second-order valence-corrected chi connectivity index (χ2v) is 9.63. The lowest BCUT2D eigenvalue weighted by molar-refractivity contribution is -0.129. The first kappa shape index (κ1) is 18.7. The molecule has 26 heavy (non-hydrogen) atoms. The minimum Gasteiger partial charge on any atom is -0.342 e. The Morgan fingerprint density at radius 3 is 2.38 bits per heavy atom. The highest BCUT2D eigenvalue weighted by atomic mass is 32.2. The van der Waals surface area contributed by atoms with E-state index in [1.807, 2.05) is 17.0 Å². The van der Waals surface area contributed by atoms with E-state index in [2.05, 4.69) is 10.6 Å². The van der Waals surface area contributed by atoms with E-state index in [9.17, 15) is 18.0 Å². The van der Waals surface area contributed by atoms with Crippen LogP contribution in [-0.4, -0.2) is 55.4 Å². The average Bonchev–Trinajstić information content (AvgIpc) is 3.17. The standard InChI is InChI=1S/C18H25N3O4S/c1-18(8-11-26(24,25)13-18)20-17(23)19-15-6-4-14(5-7-15)12-16(22)21-9-2-3-10-21/h4-7H,2-3,8-13H2,1H3,(H2,19,20,23). The van der Waals surface area contributed by atoms with E-state index in [4.69, 9.17) is 0 Å². The topological polar surface area (TPSA) is 95.6 Å². The van der Waals surface area contributed by atoms with Gasteiger partial charge in [-0.2, -0.15) is 0 Å². The molecule has 0 radical (unpaired) electrons. The Labute approximate surface area is 154 Å². The highest BCUT2D eigenvalue weighted by Crippen LogP contribution is 2.23. The van der Waals surface area contributed by atoms with Gasteiger partial charge in [-0.3, -0.25) is 4.79 Å². The van der Waals surface area contributed by atoms with Gasteiger partial charge in [0.05, 0.1) is 23.5 Å². The molecule has 3 amide bonds. The predicted molar refractivity (Wildman–Crippen MR) is 99.8 cm³/mol. The van der Waals surface area contributed by atoms with Gasteiger partial charge in [-0.25, -0.2) is 13.2 Å². The van der Waals surface area contributed by atoms with Crippen molar-refractivity contribution in [3.63, 3.8) is 0 Å². The molecule has 3 rings (SSSR count). The molecular formula is C18H25N3O4S. The molecule has 7 nitrogen and oxygen atoms in total. The lowest BCUT2D eigenvalue weighted by atomic mass is 10.0. The maximum Gasteiger partial charge on any atom is 0.319 e. The van der Waals surface area contributed by atoms with Crippen LogP contribution in [0.5, 0.6) is 0 Å². The van der Waals surface area contributed by atoms with Gasteiger partial charge in [0.25, 0.3) is 0 Å². The molecule has 0 saturated carbocycles. The molecule has 2 N–H and O–H groups in total. The monoisotopic (exact) mass is 379 g/mol. The summed E-state index contributed by atoms with van der Waals surface area (Å²) in [5.74, 6) is 0.199. The van der Waals surface area contributed by atoms with E-state index in [0.717, 1.165) is 31.5 Å². The number of anilines is 1. The molecule has 1 aromatic rings. The molecule has 8 heteroatoms. The largest absolute Gasteiger partial charge is 0.342 e. The number of urea groups is 1. The number of likely N-dealkylation sites (tertiary alicyclic amines) is 1. The zero-order valence-corrected chi connectivity index (χ0v) is 15.8. The first-order valence-corrected chi connectivity index (χ1v) is 10.7. The van der Waals surface area contributed by atoms with Crippen LogP contribution in [0.4, 0.5) is 10.5 Å². The van der Waals surface area contributed by atoms with Gasteiger partial charge in [-0.1, -0.05) is 12.1 Å². The highest BCUT2D eigenvalue weighted by molar-refractivity contribution is 7.91. The molecule has 1 atom stereocenters. The van der Waals surface area contributed by atoms with Crippen molar-refractivity contribution < 1.29 is 18.0 Å². The summed E-state index contributed by atoms with van der Waals surface area (Å²) in [5.41, 5.74) is 0.774. The normalized spacial score (nSPS) is 24.4. The van der Waals surface area contributed by atoms with Crippen LogP contribution in [0, 0.1) is 0 Å². The zero-order valence-electron chi connectivity index (χ0n) is 15.0. The van der Waals surface area contributed by atoms with Crippen molar-refractivity contribution in [3.05, 3.63) is 29.8 Å². The average molecular weight is 379 g/mol. The smallest absolute Gasteiger partial charge is 0.319 e. The van der Waals surface area contributed by atoms with Crippen LogP contribution in [0.1, 0.15) is 31.7 Å². The Morgan fingerprint density at radius 2 is 1.81 bits per heavy atom. The lowest BCUT2D eigenvalue weighted by Crippen LogP contribution is -2.48. The van der Waals surface area contributed by atoms with Gasteiger partial charge in [-0.05, 0) is 43.9 Å². The number of carbonyl (C=O) groups excluding carboxylic acids is 2. The number of hydrogen-bond donors (Lipinski definition) is 2. The van der Waals surface area contributed by atoms with Crippen molar-refractivity contribution in [1.82, 2.24) is 10.2 Å². The van der Waals surface area contributed by atoms with Gasteiger partial charge >= 0.3 is 6.03 Å². The van der Waals surface area contributed by atoms with Crippen molar-refractivity contribution in [2.45, 2.75) is 38.1 Å². The Balaban J connectivity index is 1.52. The van der Waals surface area contributed by atoms with Crippen molar-refractivity contribution in [2.75, 3.05) is 29.9 Å². The van der Waals surface area contributed by atoms with Crippen LogP contribution < -0.4 is 10.6 Å². The van der Waals surface area contributed by atoms with Crippen LogP contribution in [0.3, 0.4) is 0 Å². The fourth-order valence-electron chi connectivity index (χ4n) is 3.50. The number of benzene rings is 1. The number of nitrogens with zero attached hydrogens (tertiary/aromatic N) is 1. The van der Waals surface area contributed by atoms with Crippen LogP contribution in [0.15, 0.2) is 24.3 Å². The second kappa shape index (κ2) is 7.26. The van der Waals surface area contributed by atoms with Gasteiger partial charge < -0.3 is 15.5 Å². The lowest BCUT2D eigenvalue weighted by Gasteiger charge is -2.24. The van der Waals surface area contributed by atoms with E-state index in [-0.39, 0.29) is 17.4 Å². The van der Waals surface area contributed by atoms with Crippen LogP contribution in [-0.2, 0) is 21.1 Å². The summed E-state index contributed by atoms with van der Waals surface area (Å²) in [6, 6.07) is 6.72. The van der Waals surface area contributed by atoms with Crippen molar-refractivity contribution in [2.24, 2.45) is 0 Å². The summed E-state index contributed by atoms with van der Waals surface area (Å²) in [4.78, 5) is 26.2. The van der Waals surface area contributed by atoms with Crippen molar-refractivity contribution >= 4 is 27.5 Å². The number of nitrogens with one attached hydrogen (secondary N) is 2. The van der Waals surface area contributed by atoms with Crippen LogP contribution in [0.25, 0.3) is 0 Å². The van der Waals surface area contributed by atoms with Crippen molar-refractivity contribution in [1.29, 1.82) is 0 Å². The van der Waals surface area contributed by atoms with E-state index < -0.39 is 21.4 Å². The maximum absolute atomic E-state index is 12.2. The SMILES string of the molecule is CC1(NC(=O)Nc2ccc(CC(=O)N3CCCC3)cc2)CCS(=O)(=O)C1. The van der Waals surface area contributed by atoms with Crippen LogP contribution in [0.2, 0.25) is 0 Å². The minimum atomic E-state index is -3.08. The first-order valence-electron chi connectivity index (χ1n) is 8.91. The van der Waals surface area contributed by atoms with Gasteiger partial charge in [0.1, 0.15) is 0 Å². The quantitative estimate of drug-likeness (QED) is 0.830. The van der Waals surface area contributed by atoms with Crippen LogP contribution >= 0.6 is 0 Å². The summed E-state index contributed by atoms with van der Waals surface area (Å²) in [6.07, 6.45) is 2.93. The third-order valence-corrected chi connectivity index (χ3v) is 6.85. The summed E-state index contributed by atoms with van der Waals surface area (Å²) >= 11 is 0. The molecular weight excluding hydrogens is 354 g/mol. The summed E-state index contributed by atoms with van der Waals surface area (Å²) < 4.78 is 23.2. The third kappa shape index (κ3) is 4.75. The highest BCUT2D eigenvalue weighted by Gasteiger charge is 2.39. The number of hydrogen-bond acceptors (Lipinski definition) is 4. The molecule has 1 unspecified atom stereocenters. The molecule has 2 saturated heterocycles. The van der Waals surface area contributed by atoms with Gasteiger partial charge in [-0.15, -0.1) is 0 Å². The Bertz CT molecular complexity index is 785. The molecule has 1 aromatic carbocycles. The van der Waals surface area contributed by atoms with E-state index in [0.29, 0.717) is 18.5 Å². The molecule has 2 aliphatic rings. The number of sulfone groups is 1. The Kier molecular flexibility index (Phi) is 5.22. The van der Waals surface area contributed by atoms with E-state index in [1.54, 1.807) is 19.1 Å². The number of rotatable bonds is 4. The fraction of sp³-hybridized carbons (Fsp3) is 0.556. The number of amides is 3. The summed E-state index contributed by atoms with van der Waals surface area (Å²) in [7, 11) is -3.08. The summed E-state index contributed by atoms with van der Waals surface area (Å²) in [5, 5.41) is 5.47. The Hall–Kier alpha value is -2.09. The molecule has 0 aliphatic carbocycles. The zero-order chi connectivity index (χ0) is 18.8. The molecule has 0 bridgehead atoms. The van der Waals surface area contributed by atoms with Gasteiger partial charge in [0, 0.05) is 18.8 Å². The molecule has 2 fully saturated rings. The van der Waals surface area contributed by atoms with E-state index in [1.165, 1.54) is 0 Å². The summed E-state index contributed by atoms with van der Waals surface area (Å²) in [6.45, 7) is 3.42. The fourth-order valence-corrected chi connectivity index (χ4v) is 5.60.